The van der Waals surface area contributed by atoms with E-state index < -0.39 is 10.0 Å². The first kappa shape index (κ1) is 30.7. The lowest BCUT2D eigenvalue weighted by Crippen LogP contribution is -2.33. The summed E-state index contributed by atoms with van der Waals surface area (Å²) in [5.74, 6) is 1.17. The quantitative estimate of drug-likeness (QED) is 0.350. The van der Waals surface area contributed by atoms with E-state index in [1.54, 1.807) is 33.1 Å². The number of hydrogen-bond acceptors (Lipinski definition) is 6. The highest BCUT2D eigenvalue weighted by molar-refractivity contribution is 7.89. The number of nitrogens with zero attached hydrogens (tertiary/aromatic N) is 4. The monoisotopic (exact) mass is 574 g/mol. The molecule has 1 aliphatic rings. The minimum atomic E-state index is -3.72. The normalized spacial score (nSPS) is 14.4. The average molecular weight is 575 g/mol. The Hall–Kier alpha value is -2.88. The molecule has 0 bridgehead atoms. The molecular weight excluding hydrogens is 536 g/mol. The molecule has 3 aromatic rings. The Bertz CT molecular complexity index is 1360. The van der Waals surface area contributed by atoms with Crippen molar-refractivity contribution in [2.24, 2.45) is 7.05 Å². The van der Waals surface area contributed by atoms with Gasteiger partial charge in [-0.1, -0.05) is 12.1 Å². The van der Waals surface area contributed by atoms with Gasteiger partial charge in [-0.15, -0.1) is 12.4 Å². The smallest absolute Gasteiger partial charge is 0.243 e. The molecule has 1 saturated heterocycles. The first-order valence-electron chi connectivity index (χ1n) is 13.0. The second kappa shape index (κ2) is 13.0. The maximum atomic E-state index is 13.2. The molecule has 2 aromatic carbocycles. The highest BCUT2D eigenvalue weighted by atomic mass is 35.5. The number of aryl methyl sites for hydroxylation is 3. The molecule has 0 spiro atoms. The van der Waals surface area contributed by atoms with E-state index in [1.807, 2.05) is 24.7 Å². The molecule has 0 amide bonds. The summed E-state index contributed by atoms with van der Waals surface area (Å²) in [5, 5.41) is 0. The molecular formula is C29H39ClN4O4S. The molecule has 0 unspecified atom stereocenters. The van der Waals surface area contributed by atoms with Crippen molar-refractivity contribution in [1.29, 1.82) is 0 Å². The number of ether oxygens (including phenoxy) is 1. The number of rotatable bonds is 10. The van der Waals surface area contributed by atoms with Gasteiger partial charge in [-0.25, -0.2) is 17.7 Å². The van der Waals surface area contributed by atoms with E-state index in [0.29, 0.717) is 22.8 Å². The molecule has 0 radical (unpaired) electrons. The van der Waals surface area contributed by atoms with Gasteiger partial charge in [0.2, 0.25) is 10.0 Å². The molecule has 0 saturated carbocycles. The maximum Gasteiger partial charge on any atom is 0.243 e. The summed E-state index contributed by atoms with van der Waals surface area (Å²) in [4.78, 5) is 19.6. The van der Waals surface area contributed by atoms with Crippen molar-refractivity contribution in [3.63, 3.8) is 0 Å². The van der Waals surface area contributed by atoms with Crippen LogP contribution in [0.15, 0.2) is 53.8 Å². The summed E-state index contributed by atoms with van der Waals surface area (Å²) < 4.78 is 35.0. The lowest BCUT2D eigenvalue weighted by Gasteiger charge is -2.33. The van der Waals surface area contributed by atoms with Crippen LogP contribution in [-0.4, -0.2) is 61.8 Å². The van der Waals surface area contributed by atoms with Crippen molar-refractivity contribution in [1.82, 2.24) is 13.9 Å². The fourth-order valence-corrected chi connectivity index (χ4v) is 6.90. The van der Waals surface area contributed by atoms with Gasteiger partial charge in [-0.3, -0.25) is 4.79 Å². The highest BCUT2D eigenvalue weighted by Gasteiger charge is 2.26. The number of hydrogen-bond donors (Lipinski definition) is 0. The van der Waals surface area contributed by atoms with Gasteiger partial charge in [0, 0.05) is 70.1 Å². The minimum absolute atomic E-state index is 0. The second-order valence-corrected chi connectivity index (χ2v) is 12.2. The largest absolute Gasteiger partial charge is 0.497 e. The first-order chi connectivity index (χ1) is 18.1. The van der Waals surface area contributed by atoms with Gasteiger partial charge in [0.25, 0.3) is 0 Å². The van der Waals surface area contributed by atoms with Gasteiger partial charge in [0.1, 0.15) is 11.5 Å². The number of imidazole rings is 1. The minimum Gasteiger partial charge on any atom is -0.497 e. The third-order valence-corrected chi connectivity index (χ3v) is 9.68. The Balaban J connectivity index is 0.00000420. The molecule has 2 heterocycles. The topological polar surface area (TPSA) is 84.7 Å². The number of ketones is 1. The summed E-state index contributed by atoms with van der Waals surface area (Å²) in [5.41, 5.74) is 4.66. The third kappa shape index (κ3) is 7.01. The van der Waals surface area contributed by atoms with Crippen LogP contribution in [-0.2, 0) is 28.3 Å². The van der Waals surface area contributed by atoms with Crippen molar-refractivity contribution in [3.05, 3.63) is 71.3 Å². The van der Waals surface area contributed by atoms with Crippen molar-refractivity contribution in [2.75, 3.05) is 38.7 Å². The van der Waals surface area contributed by atoms with E-state index >= 15 is 0 Å². The number of benzene rings is 2. The molecule has 0 aliphatic carbocycles. The lowest BCUT2D eigenvalue weighted by molar-refractivity contribution is -0.118. The van der Waals surface area contributed by atoms with Crippen molar-refractivity contribution in [2.45, 2.75) is 50.3 Å². The molecule has 8 nitrogen and oxygen atoms in total. The molecule has 212 valence electrons. The van der Waals surface area contributed by atoms with Gasteiger partial charge in [0.15, 0.2) is 0 Å². The van der Waals surface area contributed by atoms with Crippen LogP contribution in [0.3, 0.4) is 0 Å². The summed E-state index contributed by atoms with van der Waals surface area (Å²) in [7, 11) is 1.41. The first-order valence-corrected chi connectivity index (χ1v) is 14.5. The fourth-order valence-electron chi connectivity index (χ4n) is 5.33. The van der Waals surface area contributed by atoms with Crippen molar-refractivity contribution >= 4 is 33.9 Å². The average Bonchev–Trinajstić information content (AvgIpc) is 3.32. The second-order valence-electron chi connectivity index (χ2n) is 10.2. The third-order valence-electron chi connectivity index (χ3n) is 7.51. The van der Waals surface area contributed by atoms with Crippen LogP contribution >= 0.6 is 12.4 Å². The molecule has 10 heteroatoms. The molecule has 1 aromatic heterocycles. The Labute approximate surface area is 238 Å². The predicted octanol–water partition coefficient (Wildman–Crippen LogP) is 4.67. The molecule has 0 atom stereocenters. The Morgan fingerprint density at radius 3 is 2.26 bits per heavy atom. The number of aromatic nitrogens is 2. The summed E-state index contributed by atoms with van der Waals surface area (Å²) >= 11 is 0. The van der Waals surface area contributed by atoms with E-state index in [1.165, 1.54) is 22.7 Å². The molecule has 1 aliphatic heterocycles. The highest BCUT2D eigenvalue weighted by Crippen LogP contribution is 2.30. The predicted molar refractivity (Wildman–Crippen MR) is 157 cm³/mol. The van der Waals surface area contributed by atoms with Crippen LogP contribution in [0.2, 0.25) is 0 Å². The number of methoxy groups -OCH3 is 1. The Morgan fingerprint density at radius 1 is 1.10 bits per heavy atom. The SMILES string of the molecule is COc1cc(C)c(S(=O)(=O)N(C)CCC(=O)Cc2ccc(N3CCC(c4cncn4C)CC3)cc2)c(C)c1.Cl. The van der Waals surface area contributed by atoms with Gasteiger partial charge >= 0.3 is 0 Å². The van der Waals surface area contributed by atoms with Gasteiger partial charge in [-0.2, -0.15) is 0 Å². The zero-order valence-corrected chi connectivity index (χ0v) is 25.0. The van der Waals surface area contributed by atoms with E-state index in [9.17, 15) is 13.2 Å². The van der Waals surface area contributed by atoms with Crippen LogP contribution in [0.4, 0.5) is 5.69 Å². The van der Waals surface area contributed by atoms with Crippen molar-refractivity contribution < 1.29 is 17.9 Å². The summed E-state index contributed by atoms with van der Waals surface area (Å²) in [6.45, 7) is 5.63. The van der Waals surface area contributed by atoms with Gasteiger partial charge < -0.3 is 14.2 Å². The molecule has 0 N–H and O–H groups in total. The number of Topliss-reactive ketones (excluding diaryl/α,β-unsaturated/α-hetero) is 1. The molecule has 1 fully saturated rings. The zero-order chi connectivity index (χ0) is 27.4. The van der Waals surface area contributed by atoms with Crippen LogP contribution < -0.4 is 9.64 Å². The van der Waals surface area contributed by atoms with E-state index in [0.717, 1.165) is 31.5 Å². The number of sulfonamides is 1. The number of piperidine rings is 1. The number of halogens is 1. The Morgan fingerprint density at radius 2 is 1.72 bits per heavy atom. The molecule has 39 heavy (non-hydrogen) atoms. The Kier molecular flexibility index (Phi) is 10.2. The standard InChI is InChI=1S/C29H38N4O4S.ClH/c1-21-16-27(37-5)17-22(2)29(21)38(35,36)32(4)13-12-26(34)18-23-6-8-25(9-7-23)33-14-10-24(11-15-33)28-19-30-20-31(28)3;/h6-9,16-17,19-20,24H,10-15,18H2,1-5H3;1H. The van der Waals surface area contributed by atoms with Crippen LogP contribution in [0, 0.1) is 13.8 Å². The maximum absolute atomic E-state index is 13.2. The lowest BCUT2D eigenvalue weighted by atomic mass is 9.93. The number of anilines is 1. The van der Waals surface area contributed by atoms with Gasteiger partial charge in [0.05, 0.1) is 18.3 Å². The summed E-state index contributed by atoms with van der Waals surface area (Å²) in [6, 6.07) is 11.6. The number of carbonyl (C=O) groups excluding carboxylic acids is 1. The zero-order valence-electron chi connectivity index (χ0n) is 23.4. The van der Waals surface area contributed by atoms with E-state index in [4.69, 9.17) is 4.74 Å². The van der Waals surface area contributed by atoms with E-state index in [-0.39, 0.29) is 42.5 Å². The summed E-state index contributed by atoms with van der Waals surface area (Å²) in [6.07, 6.45) is 6.46. The molecule has 4 rings (SSSR count). The van der Waals surface area contributed by atoms with Crippen LogP contribution in [0.5, 0.6) is 5.75 Å². The van der Waals surface area contributed by atoms with Crippen molar-refractivity contribution in [3.8, 4) is 5.75 Å². The fraction of sp³-hybridized carbons (Fsp3) is 0.448. The van der Waals surface area contributed by atoms with Gasteiger partial charge in [-0.05, 0) is 67.6 Å². The van der Waals surface area contributed by atoms with Crippen LogP contribution in [0.25, 0.3) is 0 Å². The van der Waals surface area contributed by atoms with Crippen LogP contribution in [0.1, 0.15) is 47.6 Å². The number of carbonyl (C=O) groups is 1. The van der Waals surface area contributed by atoms with E-state index in [2.05, 4.69) is 33.6 Å².